The van der Waals surface area contributed by atoms with E-state index in [0.717, 1.165) is 41.1 Å². The second kappa shape index (κ2) is 8.53. The highest BCUT2D eigenvalue weighted by molar-refractivity contribution is 5.81. The van der Waals surface area contributed by atoms with Crippen molar-refractivity contribution in [2.24, 2.45) is 0 Å². The van der Waals surface area contributed by atoms with Crippen molar-refractivity contribution in [3.63, 3.8) is 0 Å². The summed E-state index contributed by atoms with van der Waals surface area (Å²) in [6.07, 6.45) is 8.63. The first-order chi connectivity index (χ1) is 14.5. The van der Waals surface area contributed by atoms with E-state index in [0.29, 0.717) is 6.54 Å². The molecule has 0 saturated carbocycles. The Kier molecular flexibility index (Phi) is 5.65. The fourth-order valence-corrected chi connectivity index (χ4v) is 3.61. The smallest absolute Gasteiger partial charge is 0.226 e. The van der Waals surface area contributed by atoms with Gasteiger partial charge in [-0.15, -0.1) is 0 Å². The van der Waals surface area contributed by atoms with Crippen LogP contribution in [0.5, 0.6) is 0 Å². The lowest BCUT2D eigenvalue weighted by Gasteiger charge is -2.09. The number of nitrogens with one attached hydrogen (secondary N) is 1. The number of fused-ring (bicyclic) bond motifs is 1. The average Bonchev–Trinajstić information content (AvgIpc) is 3.35. The Morgan fingerprint density at radius 3 is 2.70 bits per heavy atom. The number of aryl methyl sites for hydroxylation is 4. The van der Waals surface area contributed by atoms with Crippen LogP contribution < -0.4 is 5.32 Å². The lowest BCUT2D eigenvalue weighted by Crippen LogP contribution is -2.27. The predicted molar refractivity (Wildman–Crippen MR) is 118 cm³/mol. The number of imidazole rings is 2. The van der Waals surface area contributed by atoms with Gasteiger partial charge in [-0.05, 0) is 62.1 Å². The zero-order valence-electron chi connectivity index (χ0n) is 17.7. The molecule has 0 saturated heterocycles. The van der Waals surface area contributed by atoms with Crippen molar-refractivity contribution in [1.29, 1.82) is 0 Å². The number of hydrogen-bond donors (Lipinski definition) is 1. The fraction of sp³-hybridized carbons (Fsp3) is 0.292. The molecule has 0 aliphatic heterocycles. The topological polar surface area (TPSA) is 64.2 Å². The Hall–Kier alpha value is -3.41. The number of hydrogen-bond acceptors (Lipinski definition) is 3. The van der Waals surface area contributed by atoms with Crippen LogP contribution in [0.25, 0.3) is 16.9 Å². The van der Waals surface area contributed by atoms with E-state index < -0.39 is 0 Å². The average molecular weight is 402 g/mol. The summed E-state index contributed by atoms with van der Waals surface area (Å²) in [7, 11) is 0. The molecule has 4 aromatic rings. The molecule has 6 heteroatoms. The van der Waals surface area contributed by atoms with Crippen LogP contribution in [-0.4, -0.2) is 31.4 Å². The molecule has 154 valence electrons. The van der Waals surface area contributed by atoms with Crippen molar-refractivity contribution >= 4 is 11.6 Å². The summed E-state index contributed by atoms with van der Waals surface area (Å²) in [5.74, 6) is 0.00749. The SMILES string of the molecule is Cc1ccn2c(CC(=O)NCCCn3ccnc3)c(-c3ccc(C)c(C)c3)nc2c1. The van der Waals surface area contributed by atoms with Gasteiger partial charge in [0.15, 0.2) is 0 Å². The van der Waals surface area contributed by atoms with Gasteiger partial charge in [-0.1, -0.05) is 12.1 Å². The van der Waals surface area contributed by atoms with Gasteiger partial charge in [0.1, 0.15) is 5.65 Å². The van der Waals surface area contributed by atoms with Gasteiger partial charge in [0, 0.05) is 37.2 Å². The molecule has 0 aliphatic rings. The minimum absolute atomic E-state index is 0.00749. The Morgan fingerprint density at radius 1 is 1.07 bits per heavy atom. The van der Waals surface area contributed by atoms with Crippen molar-refractivity contribution in [3.05, 3.63) is 77.6 Å². The monoisotopic (exact) mass is 401 g/mol. The third kappa shape index (κ3) is 4.27. The van der Waals surface area contributed by atoms with E-state index in [1.165, 1.54) is 11.1 Å². The van der Waals surface area contributed by atoms with Crippen molar-refractivity contribution in [1.82, 2.24) is 24.3 Å². The zero-order chi connectivity index (χ0) is 21.1. The van der Waals surface area contributed by atoms with E-state index in [-0.39, 0.29) is 12.3 Å². The van der Waals surface area contributed by atoms with Crippen LogP contribution in [0.4, 0.5) is 0 Å². The van der Waals surface area contributed by atoms with Crippen LogP contribution in [0.3, 0.4) is 0 Å². The number of pyridine rings is 1. The lowest BCUT2D eigenvalue weighted by molar-refractivity contribution is -0.120. The standard InChI is InChI=1S/C24H27N5O/c1-17-7-11-29-21(15-23(30)26-8-4-10-28-12-9-25-16-28)24(27-22(29)13-17)20-6-5-18(2)19(3)14-20/h5-7,9,11-14,16H,4,8,10,15H2,1-3H3,(H,26,30). The van der Waals surface area contributed by atoms with E-state index in [4.69, 9.17) is 4.98 Å². The molecule has 0 radical (unpaired) electrons. The largest absolute Gasteiger partial charge is 0.356 e. The van der Waals surface area contributed by atoms with Crippen LogP contribution in [0.15, 0.2) is 55.2 Å². The van der Waals surface area contributed by atoms with Crippen molar-refractivity contribution < 1.29 is 4.79 Å². The molecule has 6 nitrogen and oxygen atoms in total. The summed E-state index contributed by atoms with van der Waals surface area (Å²) in [4.78, 5) is 21.6. The maximum Gasteiger partial charge on any atom is 0.226 e. The first-order valence-corrected chi connectivity index (χ1v) is 10.3. The third-order valence-electron chi connectivity index (χ3n) is 5.46. The van der Waals surface area contributed by atoms with Gasteiger partial charge < -0.3 is 14.3 Å². The lowest BCUT2D eigenvalue weighted by atomic mass is 10.0. The van der Waals surface area contributed by atoms with E-state index >= 15 is 0 Å². The molecule has 1 aromatic carbocycles. The molecule has 30 heavy (non-hydrogen) atoms. The highest BCUT2D eigenvalue weighted by Crippen LogP contribution is 2.27. The van der Waals surface area contributed by atoms with E-state index in [9.17, 15) is 4.79 Å². The summed E-state index contributed by atoms with van der Waals surface area (Å²) in [5, 5.41) is 3.04. The van der Waals surface area contributed by atoms with Crippen LogP contribution in [0.2, 0.25) is 0 Å². The molecule has 1 N–H and O–H groups in total. The highest BCUT2D eigenvalue weighted by atomic mass is 16.1. The maximum atomic E-state index is 12.7. The molecule has 1 amide bonds. The van der Waals surface area contributed by atoms with Gasteiger partial charge >= 0.3 is 0 Å². The van der Waals surface area contributed by atoms with Crippen LogP contribution in [-0.2, 0) is 17.8 Å². The normalized spacial score (nSPS) is 11.2. The Balaban J connectivity index is 1.55. The Labute approximate surface area is 176 Å². The molecule has 3 heterocycles. The second-order valence-corrected chi connectivity index (χ2v) is 7.82. The van der Waals surface area contributed by atoms with Crippen LogP contribution in [0.1, 0.15) is 28.8 Å². The fourth-order valence-electron chi connectivity index (χ4n) is 3.61. The molecule has 0 bridgehead atoms. The number of nitrogens with zero attached hydrogens (tertiary/aromatic N) is 4. The summed E-state index contributed by atoms with van der Waals surface area (Å²) >= 11 is 0. The molecular weight excluding hydrogens is 374 g/mol. The van der Waals surface area contributed by atoms with Gasteiger partial charge in [0.2, 0.25) is 5.91 Å². The molecule has 0 unspecified atom stereocenters. The van der Waals surface area contributed by atoms with Crippen LogP contribution >= 0.6 is 0 Å². The van der Waals surface area contributed by atoms with Gasteiger partial charge in [-0.2, -0.15) is 0 Å². The minimum atomic E-state index is 0.00749. The summed E-state index contributed by atoms with van der Waals surface area (Å²) in [5.41, 5.74) is 7.31. The molecule has 0 spiro atoms. The molecule has 0 fully saturated rings. The number of carbonyl (C=O) groups is 1. The number of amides is 1. The zero-order valence-corrected chi connectivity index (χ0v) is 17.7. The molecular formula is C24H27N5O. The Bertz CT molecular complexity index is 1170. The quantitative estimate of drug-likeness (QED) is 0.478. The minimum Gasteiger partial charge on any atom is -0.356 e. The summed E-state index contributed by atoms with van der Waals surface area (Å²) < 4.78 is 4.04. The molecule has 3 aromatic heterocycles. The molecule has 0 atom stereocenters. The van der Waals surface area contributed by atoms with E-state index in [1.807, 2.05) is 27.4 Å². The first kappa shape index (κ1) is 19.9. The number of benzene rings is 1. The number of carbonyl (C=O) groups excluding carboxylic acids is 1. The van der Waals surface area contributed by atoms with Crippen molar-refractivity contribution in [2.45, 2.75) is 40.2 Å². The number of aromatic nitrogens is 4. The third-order valence-corrected chi connectivity index (χ3v) is 5.46. The summed E-state index contributed by atoms with van der Waals surface area (Å²) in [6, 6.07) is 10.4. The maximum absolute atomic E-state index is 12.7. The van der Waals surface area contributed by atoms with Gasteiger partial charge in [-0.3, -0.25) is 4.79 Å². The second-order valence-electron chi connectivity index (χ2n) is 7.82. The number of rotatable bonds is 7. The highest BCUT2D eigenvalue weighted by Gasteiger charge is 2.17. The molecule has 4 rings (SSSR count). The summed E-state index contributed by atoms with van der Waals surface area (Å²) in [6.45, 7) is 7.72. The Morgan fingerprint density at radius 2 is 1.93 bits per heavy atom. The van der Waals surface area contributed by atoms with Crippen molar-refractivity contribution in [2.75, 3.05) is 6.54 Å². The van der Waals surface area contributed by atoms with Crippen LogP contribution in [0, 0.1) is 20.8 Å². The molecule has 0 aliphatic carbocycles. The first-order valence-electron chi connectivity index (χ1n) is 10.3. The van der Waals surface area contributed by atoms with Gasteiger partial charge in [-0.25, -0.2) is 9.97 Å². The van der Waals surface area contributed by atoms with E-state index in [1.54, 1.807) is 12.5 Å². The van der Waals surface area contributed by atoms with Gasteiger partial charge in [0.05, 0.1) is 24.1 Å². The van der Waals surface area contributed by atoms with Crippen molar-refractivity contribution in [3.8, 4) is 11.3 Å². The van der Waals surface area contributed by atoms with E-state index in [2.05, 4.69) is 55.3 Å². The predicted octanol–water partition coefficient (Wildman–Crippen LogP) is 3.87. The van der Waals surface area contributed by atoms with Gasteiger partial charge in [0.25, 0.3) is 0 Å².